The van der Waals surface area contributed by atoms with Gasteiger partial charge in [0.25, 0.3) is 5.91 Å². The van der Waals surface area contributed by atoms with Crippen molar-refractivity contribution in [1.82, 2.24) is 5.32 Å². The molecule has 1 aromatic carbocycles. The fourth-order valence-electron chi connectivity index (χ4n) is 1.84. The Morgan fingerprint density at radius 2 is 2.24 bits per heavy atom. The third-order valence-electron chi connectivity index (χ3n) is 2.94. The Balaban J connectivity index is 1.88. The summed E-state index contributed by atoms with van der Waals surface area (Å²) in [5.41, 5.74) is 0.344. The molecule has 1 fully saturated rings. The molecule has 1 aliphatic carbocycles. The molecule has 1 aromatic rings. The minimum atomic E-state index is -0.537. The summed E-state index contributed by atoms with van der Waals surface area (Å²) in [6.45, 7) is 0.533. The molecule has 3 nitrogen and oxygen atoms in total. The largest absolute Gasteiger partial charge is 0.393 e. The molecule has 0 saturated heterocycles. The van der Waals surface area contributed by atoms with Gasteiger partial charge < -0.3 is 10.4 Å². The molecule has 0 atom stereocenters. The number of hydrogen-bond donors (Lipinski definition) is 2. The van der Waals surface area contributed by atoms with Crippen molar-refractivity contribution in [3.05, 3.63) is 34.6 Å². The van der Waals surface area contributed by atoms with Crippen molar-refractivity contribution < 1.29 is 14.3 Å². The zero-order chi connectivity index (χ0) is 12.4. The van der Waals surface area contributed by atoms with Crippen LogP contribution in [-0.2, 0) is 0 Å². The molecular formula is C12H13ClFNO2. The van der Waals surface area contributed by atoms with E-state index in [1.807, 2.05) is 0 Å². The second kappa shape index (κ2) is 5.02. The van der Waals surface area contributed by atoms with Crippen LogP contribution in [0, 0.1) is 11.7 Å². The van der Waals surface area contributed by atoms with Gasteiger partial charge in [0.05, 0.1) is 11.1 Å². The van der Waals surface area contributed by atoms with Crippen molar-refractivity contribution in [2.24, 2.45) is 5.92 Å². The molecule has 0 bridgehead atoms. The highest BCUT2D eigenvalue weighted by atomic mass is 35.5. The fourth-order valence-corrected chi connectivity index (χ4v) is 2.02. The van der Waals surface area contributed by atoms with Gasteiger partial charge in [-0.15, -0.1) is 0 Å². The standard InChI is InChI=1S/C12H13ClFNO2/c13-10-5-8(1-2-11(10)14)12(17)15-6-7-3-9(16)4-7/h1-2,5,7,9,16H,3-4,6H2,(H,15,17). The predicted molar refractivity (Wildman–Crippen MR) is 62.5 cm³/mol. The number of rotatable bonds is 3. The van der Waals surface area contributed by atoms with Crippen molar-refractivity contribution in [1.29, 1.82) is 0 Å². The van der Waals surface area contributed by atoms with Gasteiger partial charge in [0, 0.05) is 12.1 Å². The Hall–Kier alpha value is -1.13. The van der Waals surface area contributed by atoms with Gasteiger partial charge in [-0.05, 0) is 37.0 Å². The number of aliphatic hydroxyl groups is 1. The van der Waals surface area contributed by atoms with Crippen molar-refractivity contribution in [3.63, 3.8) is 0 Å². The Labute approximate surface area is 104 Å². The molecule has 2 rings (SSSR count). The summed E-state index contributed by atoms with van der Waals surface area (Å²) in [6, 6.07) is 3.87. The molecule has 5 heteroatoms. The van der Waals surface area contributed by atoms with E-state index >= 15 is 0 Å². The molecule has 1 saturated carbocycles. The van der Waals surface area contributed by atoms with Crippen LogP contribution in [0.15, 0.2) is 18.2 Å². The maximum Gasteiger partial charge on any atom is 0.251 e. The van der Waals surface area contributed by atoms with E-state index < -0.39 is 5.82 Å². The lowest BCUT2D eigenvalue weighted by molar-refractivity contribution is 0.0420. The maximum atomic E-state index is 12.9. The smallest absolute Gasteiger partial charge is 0.251 e. The molecule has 0 heterocycles. The maximum absolute atomic E-state index is 12.9. The van der Waals surface area contributed by atoms with Gasteiger partial charge >= 0.3 is 0 Å². The lowest BCUT2D eigenvalue weighted by Crippen LogP contribution is -2.38. The van der Waals surface area contributed by atoms with E-state index in [0.717, 1.165) is 12.8 Å². The summed E-state index contributed by atoms with van der Waals surface area (Å²) >= 11 is 5.59. The molecule has 0 aliphatic heterocycles. The van der Waals surface area contributed by atoms with Gasteiger partial charge in [0.2, 0.25) is 0 Å². The first-order valence-electron chi connectivity index (χ1n) is 5.47. The number of nitrogens with one attached hydrogen (secondary N) is 1. The SMILES string of the molecule is O=C(NCC1CC(O)C1)c1ccc(F)c(Cl)c1. The molecular weight excluding hydrogens is 245 g/mol. The summed E-state index contributed by atoms with van der Waals surface area (Å²) in [7, 11) is 0. The number of aliphatic hydroxyl groups excluding tert-OH is 1. The summed E-state index contributed by atoms with van der Waals surface area (Å²) in [5, 5.41) is 11.8. The third kappa shape index (κ3) is 2.96. The van der Waals surface area contributed by atoms with Gasteiger partial charge in [0.1, 0.15) is 5.82 Å². The number of carbonyl (C=O) groups is 1. The fraction of sp³-hybridized carbons (Fsp3) is 0.417. The molecule has 2 N–H and O–H groups in total. The van der Waals surface area contributed by atoms with Crippen molar-refractivity contribution in [3.8, 4) is 0 Å². The molecule has 92 valence electrons. The lowest BCUT2D eigenvalue weighted by atomic mass is 9.82. The predicted octanol–water partition coefficient (Wildman–Crippen LogP) is 1.98. The monoisotopic (exact) mass is 257 g/mol. The zero-order valence-corrected chi connectivity index (χ0v) is 9.88. The van der Waals surface area contributed by atoms with E-state index in [-0.39, 0.29) is 17.0 Å². The van der Waals surface area contributed by atoms with Gasteiger partial charge in [-0.3, -0.25) is 4.79 Å². The summed E-state index contributed by atoms with van der Waals surface area (Å²) in [5.74, 6) is -0.469. The Bertz CT molecular complexity index is 433. The first kappa shape index (κ1) is 12.3. The van der Waals surface area contributed by atoms with Crippen LogP contribution in [0.25, 0.3) is 0 Å². The van der Waals surface area contributed by atoms with E-state index in [9.17, 15) is 9.18 Å². The minimum Gasteiger partial charge on any atom is -0.393 e. The second-order valence-electron chi connectivity index (χ2n) is 4.33. The van der Waals surface area contributed by atoms with Crippen LogP contribution < -0.4 is 5.32 Å². The van der Waals surface area contributed by atoms with Crippen LogP contribution in [0.2, 0.25) is 5.02 Å². The molecule has 0 radical (unpaired) electrons. The Morgan fingerprint density at radius 3 is 2.82 bits per heavy atom. The van der Waals surface area contributed by atoms with Gasteiger partial charge in [-0.25, -0.2) is 4.39 Å². The summed E-state index contributed by atoms with van der Waals surface area (Å²) in [4.78, 5) is 11.7. The van der Waals surface area contributed by atoms with Crippen LogP contribution >= 0.6 is 11.6 Å². The number of benzene rings is 1. The number of hydrogen-bond acceptors (Lipinski definition) is 2. The number of halogens is 2. The molecule has 17 heavy (non-hydrogen) atoms. The quantitative estimate of drug-likeness (QED) is 0.870. The highest BCUT2D eigenvalue weighted by Gasteiger charge is 2.27. The molecule has 0 spiro atoms. The number of amides is 1. The van der Waals surface area contributed by atoms with Gasteiger partial charge in [0.15, 0.2) is 0 Å². The Kier molecular flexibility index (Phi) is 3.64. The summed E-state index contributed by atoms with van der Waals surface area (Å²) in [6.07, 6.45) is 1.23. The normalized spacial score (nSPS) is 23.0. The first-order valence-corrected chi connectivity index (χ1v) is 5.85. The third-order valence-corrected chi connectivity index (χ3v) is 3.23. The molecule has 1 aliphatic rings. The molecule has 1 amide bonds. The van der Waals surface area contributed by atoms with Crippen LogP contribution in [0.1, 0.15) is 23.2 Å². The minimum absolute atomic E-state index is 0.0586. The van der Waals surface area contributed by atoms with Crippen molar-refractivity contribution in [2.75, 3.05) is 6.54 Å². The first-order chi connectivity index (χ1) is 8.06. The van der Waals surface area contributed by atoms with Gasteiger partial charge in [-0.1, -0.05) is 11.6 Å². The highest BCUT2D eigenvalue weighted by molar-refractivity contribution is 6.31. The van der Waals surface area contributed by atoms with Crippen LogP contribution in [-0.4, -0.2) is 23.7 Å². The highest BCUT2D eigenvalue weighted by Crippen LogP contribution is 2.26. The zero-order valence-electron chi connectivity index (χ0n) is 9.12. The van der Waals surface area contributed by atoms with E-state index in [0.29, 0.717) is 18.0 Å². The van der Waals surface area contributed by atoms with Crippen molar-refractivity contribution in [2.45, 2.75) is 18.9 Å². The molecule has 0 unspecified atom stereocenters. The van der Waals surface area contributed by atoms with Gasteiger partial charge in [-0.2, -0.15) is 0 Å². The second-order valence-corrected chi connectivity index (χ2v) is 4.74. The Morgan fingerprint density at radius 1 is 1.53 bits per heavy atom. The van der Waals surface area contributed by atoms with Crippen LogP contribution in [0.3, 0.4) is 0 Å². The van der Waals surface area contributed by atoms with Crippen LogP contribution in [0.4, 0.5) is 4.39 Å². The number of carbonyl (C=O) groups excluding carboxylic acids is 1. The van der Waals surface area contributed by atoms with E-state index in [4.69, 9.17) is 16.7 Å². The average molecular weight is 258 g/mol. The molecule has 0 aromatic heterocycles. The lowest BCUT2D eigenvalue weighted by Gasteiger charge is -2.31. The summed E-state index contributed by atoms with van der Waals surface area (Å²) < 4.78 is 12.9. The van der Waals surface area contributed by atoms with Crippen molar-refractivity contribution >= 4 is 17.5 Å². The van der Waals surface area contributed by atoms with E-state index in [1.54, 1.807) is 0 Å². The van der Waals surface area contributed by atoms with Crippen LogP contribution in [0.5, 0.6) is 0 Å². The van der Waals surface area contributed by atoms with E-state index in [1.165, 1.54) is 18.2 Å². The van der Waals surface area contributed by atoms with E-state index in [2.05, 4.69) is 5.32 Å². The topological polar surface area (TPSA) is 49.3 Å². The average Bonchev–Trinajstić information content (AvgIpc) is 2.26.